The molecule has 0 amide bonds. The molecule has 0 bridgehead atoms. The van der Waals surface area contributed by atoms with E-state index in [-0.39, 0.29) is 34.9 Å². The van der Waals surface area contributed by atoms with E-state index in [0.717, 1.165) is 0 Å². The minimum atomic E-state index is -4.78. The van der Waals surface area contributed by atoms with Crippen molar-refractivity contribution in [1.29, 1.82) is 0 Å². The summed E-state index contributed by atoms with van der Waals surface area (Å²) in [5, 5.41) is 3.07. The van der Waals surface area contributed by atoms with E-state index in [4.69, 9.17) is 11.6 Å². The number of fused-ring (bicyclic) bond motifs is 2. The van der Waals surface area contributed by atoms with Gasteiger partial charge in [-0.2, -0.15) is 0 Å². The number of alkyl halides is 3. The molecule has 1 N–H and O–H groups in total. The zero-order valence-corrected chi connectivity index (χ0v) is 18.3. The molecule has 0 saturated carbocycles. The number of nitrogens with zero attached hydrogens (tertiary/aromatic N) is 1. The van der Waals surface area contributed by atoms with Crippen molar-refractivity contribution in [1.82, 2.24) is 9.97 Å². The molecule has 10 heteroatoms. The molecule has 168 valence electrons. The number of Topliss-reactive ketones (excluding diaryl/α,β-unsaturated/α-hetero) is 1. The fourth-order valence-electron chi connectivity index (χ4n) is 4.04. The number of thiazole rings is 1. The molecule has 0 radical (unpaired) electrons. The summed E-state index contributed by atoms with van der Waals surface area (Å²) >= 11 is 7.27. The first-order valence-corrected chi connectivity index (χ1v) is 11.1. The van der Waals surface area contributed by atoms with Crippen LogP contribution in [0.5, 0.6) is 5.75 Å². The lowest BCUT2D eigenvalue weighted by molar-refractivity contribution is -0.274. The van der Waals surface area contributed by atoms with E-state index in [1.165, 1.54) is 29.5 Å². The number of carbonyl (C=O) groups excluding carboxylic acids is 1. The van der Waals surface area contributed by atoms with Crippen LogP contribution in [-0.4, -0.2) is 22.1 Å². The Kier molecular flexibility index (Phi) is 5.25. The Balaban J connectivity index is 1.46. The Hall–Kier alpha value is -3.17. The van der Waals surface area contributed by atoms with Crippen LogP contribution in [0.2, 0.25) is 5.02 Å². The average molecular weight is 491 g/mol. The first kappa shape index (κ1) is 21.7. The van der Waals surface area contributed by atoms with Crippen LogP contribution in [0.15, 0.2) is 52.6 Å². The number of H-pyrrole nitrogens is 1. The number of hydrogen-bond acceptors (Lipinski definition) is 5. The quantitative estimate of drug-likeness (QED) is 0.376. The van der Waals surface area contributed by atoms with Crippen molar-refractivity contribution in [2.75, 3.05) is 0 Å². The largest absolute Gasteiger partial charge is 0.573 e. The minimum Gasteiger partial charge on any atom is -0.406 e. The molecule has 2 aromatic carbocycles. The summed E-state index contributed by atoms with van der Waals surface area (Å²) in [6, 6.07) is 10.5. The van der Waals surface area contributed by atoms with Gasteiger partial charge in [0.2, 0.25) is 5.43 Å². The van der Waals surface area contributed by atoms with Gasteiger partial charge in [-0.1, -0.05) is 23.7 Å². The van der Waals surface area contributed by atoms with Gasteiger partial charge in [-0.25, -0.2) is 4.98 Å². The lowest BCUT2D eigenvalue weighted by Crippen LogP contribution is -2.27. The molecule has 33 heavy (non-hydrogen) atoms. The highest BCUT2D eigenvalue weighted by Crippen LogP contribution is 2.36. The van der Waals surface area contributed by atoms with Crippen molar-refractivity contribution < 1.29 is 22.7 Å². The number of rotatable bonds is 3. The number of pyridine rings is 1. The van der Waals surface area contributed by atoms with Crippen molar-refractivity contribution >= 4 is 39.6 Å². The Labute approximate surface area is 193 Å². The zero-order chi connectivity index (χ0) is 23.3. The van der Waals surface area contributed by atoms with Crippen LogP contribution in [0, 0.1) is 0 Å². The second kappa shape index (κ2) is 8.00. The van der Waals surface area contributed by atoms with Gasteiger partial charge in [-0.3, -0.25) is 9.59 Å². The molecule has 0 spiro atoms. The van der Waals surface area contributed by atoms with Crippen LogP contribution in [0.3, 0.4) is 0 Å². The fourth-order valence-corrected chi connectivity index (χ4v) is 5.11. The third kappa shape index (κ3) is 4.26. The summed E-state index contributed by atoms with van der Waals surface area (Å²) in [5.74, 6) is -0.868. The van der Waals surface area contributed by atoms with Gasteiger partial charge in [0, 0.05) is 44.9 Å². The second-order valence-corrected chi connectivity index (χ2v) is 8.97. The maximum atomic E-state index is 12.9. The van der Waals surface area contributed by atoms with Crippen molar-refractivity contribution in [3.05, 3.63) is 80.0 Å². The minimum absolute atomic E-state index is 0.114. The molecule has 5 rings (SSSR count). The predicted octanol–water partition coefficient (Wildman–Crippen LogP) is 6.12. The molecule has 1 aliphatic rings. The molecule has 5 nitrogen and oxygen atoms in total. The van der Waals surface area contributed by atoms with Gasteiger partial charge in [0.15, 0.2) is 5.78 Å². The lowest BCUT2D eigenvalue weighted by atomic mass is 9.83. The number of hydrogen-bond donors (Lipinski definition) is 1. The highest BCUT2D eigenvalue weighted by atomic mass is 35.5. The number of ketones is 1. The molecule has 0 aliphatic heterocycles. The second-order valence-electron chi connectivity index (χ2n) is 7.68. The highest BCUT2D eigenvalue weighted by Gasteiger charge is 2.32. The van der Waals surface area contributed by atoms with Gasteiger partial charge in [0.1, 0.15) is 10.8 Å². The molecular formula is C23H14ClF3N2O3S. The van der Waals surface area contributed by atoms with Gasteiger partial charge >= 0.3 is 6.36 Å². The van der Waals surface area contributed by atoms with Crippen molar-refractivity contribution in [2.45, 2.75) is 25.1 Å². The van der Waals surface area contributed by atoms with Crippen LogP contribution in [0.1, 0.15) is 34.1 Å². The van der Waals surface area contributed by atoms with E-state index in [1.54, 1.807) is 29.6 Å². The van der Waals surface area contributed by atoms with Gasteiger partial charge in [0.25, 0.3) is 0 Å². The molecule has 1 aliphatic carbocycles. The molecular weight excluding hydrogens is 477 g/mol. The van der Waals surface area contributed by atoms with Crippen molar-refractivity contribution in [3.63, 3.8) is 0 Å². The summed E-state index contributed by atoms with van der Waals surface area (Å²) in [7, 11) is 0. The van der Waals surface area contributed by atoms with E-state index < -0.39 is 6.36 Å². The monoisotopic (exact) mass is 490 g/mol. The number of ether oxygens (including phenoxy) is 1. The Morgan fingerprint density at radius 2 is 1.94 bits per heavy atom. The first-order chi connectivity index (χ1) is 15.7. The van der Waals surface area contributed by atoms with Gasteiger partial charge in [0.05, 0.1) is 11.3 Å². The Morgan fingerprint density at radius 1 is 1.12 bits per heavy atom. The zero-order valence-electron chi connectivity index (χ0n) is 16.7. The molecule has 2 heterocycles. The number of halogens is 4. The molecule has 0 fully saturated rings. The number of aromatic nitrogens is 2. The smallest absolute Gasteiger partial charge is 0.406 e. The van der Waals surface area contributed by atoms with E-state index in [2.05, 4.69) is 14.7 Å². The summed E-state index contributed by atoms with van der Waals surface area (Å²) < 4.78 is 41.6. The number of carbonyl (C=O) groups is 1. The van der Waals surface area contributed by atoms with Crippen molar-refractivity contribution in [3.8, 4) is 16.3 Å². The van der Waals surface area contributed by atoms with Crippen LogP contribution in [0.4, 0.5) is 13.2 Å². The maximum absolute atomic E-state index is 12.9. The normalized spacial score (nSPS) is 16.1. The van der Waals surface area contributed by atoms with Crippen LogP contribution >= 0.6 is 22.9 Å². The SMILES string of the molecule is O=C1CC(c2csc(-c3cccc(OC(F)(F)F)c3)n2)Cc2[nH]c3ccc(Cl)cc3c(=O)c21. The topological polar surface area (TPSA) is 72.0 Å². The number of benzene rings is 2. The molecule has 1 unspecified atom stereocenters. The van der Waals surface area contributed by atoms with Crippen molar-refractivity contribution in [2.24, 2.45) is 0 Å². The van der Waals surface area contributed by atoms with E-state index in [1.807, 2.05) is 0 Å². The maximum Gasteiger partial charge on any atom is 0.573 e. The third-order valence-corrected chi connectivity index (χ3v) is 6.60. The van der Waals surface area contributed by atoms with Crippen LogP contribution in [-0.2, 0) is 6.42 Å². The Bertz CT molecular complexity index is 1460. The summed E-state index contributed by atoms with van der Waals surface area (Å²) in [5.41, 5.74) is 2.07. The summed E-state index contributed by atoms with van der Waals surface area (Å²) in [6.07, 6.45) is -4.26. The fraction of sp³-hybridized carbons (Fsp3) is 0.174. The predicted molar refractivity (Wildman–Crippen MR) is 119 cm³/mol. The number of nitrogens with one attached hydrogen (secondary N) is 1. The Morgan fingerprint density at radius 3 is 2.73 bits per heavy atom. The molecule has 1 atom stereocenters. The van der Waals surface area contributed by atoms with Crippen LogP contribution in [0.25, 0.3) is 21.5 Å². The van der Waals surface area contributed by atoms with E-state index in [9.17, 15) is 22.8 Å². The molecule has 2 aromatic heterocycles. The van der Waals surface area contributed by atoms with Gasteiger partial charge in [-0.05, 0) is 36.8 Å². The molecule has 0 saturated heterocycles. The van der Waals surface area contributed by atoms with E-state index in [0.29, 0.717) is 44.3 Å². The van der Waals surface area contributed by atoms with Crippen LogP contribution < -0.4 is 10.2 Å². The van der Waals surface area contributed by atoms with Gasteiger partial charge < -0.3 is 9.72 Å². The van der Waals surface area contributed by atoms with Gasteiger partial charge in [-0.15, -0.1) is 24.5 Å². The standard InChI is InChI=1S/C23H14ClF3N2O3S/c24-13-4-5-16-15(9-13)21(31)20-17(28-16)7-12(8-19(20)30)18-10-33-22(29-18)11-2-1-3-14(6-11)32-23(25,26)27/h1-6,9-10,12H,7-8H2,(H,28,31). The average Bonchev–Trinajstić information content (AvgIpc) is 3.23. The lowest BCUT2D eigenvalue weighted by Gasteiger charge is -2.22. The highest BCUT2D eigenvalue weighted by molar-refractivity contribution is 7.13. The first-order valence-electron chi connectivity index (χ1n) is 9.87. The molecule has 4 aromatic rings. The number of aromatic amines is 1. The van der Waals surface area contributed by atoms with E-state index >= 15 is 0 Å². The summed E-state index contributed by atoms with van der Waals surface area (Å²) in [4.78, 5) is 33.5. The third-order valence-electron chi connectivity index (χ3n) is 5.46. The summed E-state index contributed by atoms with van der Waals surface area (Å²) in [6.45, 7) is 0.